The molecular weight excluding hydrogens is 314 g/mol. The summed E-state index contributed by atoms with van der Waals surface area (Å²) in [5, 5.41) is 3.49. The highest BCUT2D eigenvalue weighted by atomic mass is 79.9. The molecule has 1 heterocycles. The van der Waals surface area contributed by atoms with E-state index < -0.39 is 0 Å². The lowest BCUT2D eigenvalue weighted by molar-refractivity contribution is -0.0209. The second-order valence-corrected chi connectivity index (χ2v) is 7.25. The first-order valence-corrected chi connectivity index (χ1v) is 8.43. The van der Waals surface area contributed by atoms with Gasteiger partial charge < -0.3 is 10.1 Å². The third-order valence-electron chi connectivity index (χ3n) is 4.06. The van der Waals surface area contributed by atoms with Crippen molar-refractivity contribution in [1.82, 2.24) is 5.32 Å². The minimum absolute atomic E-state index is 0.0602. The van der Waals surface area contributed by atoms with E-state index in [9.17, 15) is 0 Å². The van der Waals surface area contributed by atoms with Crippen LogP contribution in [0.5, 0.6) is 0 Å². The maximum Gasteiger partial charge on any atom is 0.0631 e. The van der Waals surface area contributed by atoms with Gasteiger partial charge >= 0.3 is 0 Å². The van der Waals surface area contributed by atoms with Crippen molar-refractivity contribution < 1.29 is 4.74 Å². The predicted molar refractivity (Wildman–Crippen MR) is 88.2 cm³/mol. The monoisotopic (exact) mass is 339 g/mol. The van der Waals surface area contributed by atoms with E-state index >= 15 is 0 Å². The van der Waals surface area contributed by atoms with Crippen molar-refractivity contribution >= 4 is 15.9 Å². The van der Waals surface area contributed by atoms with Gasteiger partial charge in [0.25, 0.3) is 0 Å². The van der Waals surface area contributed by atoms with Crippen molar-refractivity contribution in [2.75, 3.05) is 13.1 Å². The van der Waals surface area contributed by atoms with E-state index in [1.54, 1.807) is 0 Å². The summed E-state index contributed by atoms with van der Waals surface area (Å²) in [5.41, 5.74) is 1.46. The molecule has 2 rings (SSSR count). The summed E-state index contributed by atoms with van der Waals surface area (Å²) in [4.78, 5) is 0. The summed E-state index contributed by atoms with van der Waals surface area (Å²) in [6.45, 7) is 8.60. The smallest absolute Gasteiger partial charge is 0.0631 e. The van der Waals surface area contributed by atoms with Crippen LogP contribution >= 0.6 is 15.9 Å². The Kier molecular flexibility index (Phi) is 5.65. The molecule has 112 valence electrons. The quantitative estimate of drug-likeness (QED) is 0.824. The third kappa shape index (κ3) is 4.57. The summed E-state index contributed by atoms with van der Waals surface area (Å²) in [6, 6.07) is 8.68. The summed E-state index contributed by atoms with van der Waals surface area (Å²) < 4.78 is 7.33. The van der Waals surface area contributed by atoms with Crippen molar-refractivity contribution in [1.29, 1.82) is 0 Å². The van der Waals surface area contributed by atoms with Gasteiger partial charge in [0.15, 0.2) is 0 Å². The first kappa shape index (κ1) is 16.0. The topological polar surface area (TPSA) is 21.3 Å². The lowest BCUT2D eigenvalue weighted by atomic mass is 9.92. The number of likely N-dealkylation sites (N-methyl/N-ethyl adjacent to an activating group) is 1. The predicted octanol–water partition coefficient (Wildman–Crippen LogP) is 4.49. The molecule has 2 nitrogen and oxygen atoms in total. The highest BCUT2D eigenvalue weighted by molar-refractivity contribution is 9.10. The Morgan fingerprint density at radius 1 is 1.45 bits per heavy atom. The molecule has 2 atom stereocenters. The van der Waals surface area contributed by atoms with Crippen LogP contribution in [-0.4, -0.2) is 24.8 Å². The molecule has 0 saturated carbocycles. The zero-order valence-corrected chi connectivity index (χ0v) is 14.4. The molecule has 2 unspecified atom stereocenters. The number of nitrogens with one attached hydrogen (secondary N) is 1. The fourth-order valence-electron chi connectivity index (χ4n) is 2.98. The molecule has 1 aromatic rings. The van der Waals surface area contributed by atoms with Gasteiger partial charge in [-0.25, -0.2) is 0 Å². The zero-order chi connectivity index (χ0) is 14.6. The molecule has 1 fully saturated rings. The van der Waals surface area contributed by atoms with Gasteiger partial charge in [-0.05, 0) is 63.3 Å². The van der Waals surface area contributed by atoms with Crippen molar-refractivity contribution in [3.8, 4) is 0 Å². The molecular formula is C17H26BrNO. The van der Waals surface area contributed by atoms with Gasteiger partial charge in [0.05, 0.1) is 11.7 Å². The lowest BCUT2D eigenvalue weighted by Crippen LogP contribution is -2.26. The third-order valence-corrected chi connectivity index (χ3v) is 4.56. The Morgan fingerprint density at radius 2 is 2.25 bits per heavy atom. The van der Waals surface area contributed by atoms with Gasteiger partial charge in [0.2, 0.25) is 0 Å². The van der Waals surface area contributed by atoms with Crippen LogP contribution < -0.4 is 5.32 Å². The van der Waals surface area contributed by atoms with Gasteiger partial charge in [-0.2, -0.15) is 0 Å². The first-order chi connectivity index (χ1) is 9.50. The van der Waals surface area contributed by atoms with Gasteiger partial charge in [0.1, 0.15) is 0 Å². The SMILES string of the molecule is CCNCC(CC1CCC(C)(C)O1)c1cccc(Br)c1. The Morgan fingerprint density at radius 3 is 2.85 bits per heavy atom. The van der Waals surface area contributed by atoms with Crippen LogP contribution in [0.25, 0.3) is 0 Å². The van der Waals surface area contributed by atoms with Crippen molar-refractivity contribution in [2.24, 2.45) is 0 Å². The molecule has 0 radical (unpaired) electrons. The average molecular weight is 340 g/mol. The van der Waals surface area contributed by atoms with Crippen LogP contribution in [0.15, 0.2) is 28.7 Å². The zero-order valence-electron chi connectivity index (χ0n) is 12.8. The Hall–Kier alpha value is -0.380. The van der Waals surface area contributed by atoms with Crippen LogP contribution in [-0.2, 0) is 4.74 Å². The average Bonchev–Trinajstić information content (AvgIpc) is 2.74. The Balaban J connectivity index is 2.04. The lowest BCUT2D eigenvalue weighted by Gasteiger charge is -2.24. The molecule has 0 aliphatic carbocycles. The van der Waals surface area contributed by atoms with Crippen molar-refractivity contribution in [3.63, 3.8) is 0 Å². The second kappa shape index (κ2) is 7.06. The number of ether oxygens (including phenoxy) is 1. The van der Waals surface area contributed by atoms with Crippen molar-refractivity contribution in [2.45, 2.75) is 57.7 Å². The fraction of sp³-hybridized carbons (Fsp3) is 0.647. The van der Waals surface area contributed by atoms with E-state index in [1.165, 1.54) is 18.4 Å². The molecule has 1 aliphatic heterocycles. The van der Waals surface area contributed by atoms with Gasteiger partial charge in [-0.15, -0.1) is 0 Å². The van der Waals surface area contributed by atoms with Crippen LogP contribution in [0.4, 0.5) is 0 Å². The molecule has 1 saturated heterocycles. The fourth-order valence-corrected chi connectivity index (χ4v) is 3.39. The molecule has 0 amide bonds. The molecule has 0 aromatic heterocycles. The highest BCUT2D eigenvalue weighted by Gasteiger charge is 2.33. The standard InChI is InChI=1S/C17H26BrNO/c1-4-19-12-14(13-6-5-7-15(18)10-13)11-16-8-9-17(2,3)20-16/h5-7,10,14,16,19H,4,8-9,11-12H2,1-3H3. The summed E-state index contributed by atoms with van der Waals surface area (Å²) in [6.07, 6.45) is 3.85. The van der Waals surface area contributed by atoms with Gasteiger partial charge in [-0.3, -0.25) is 0 Å². The van der Waals surface area contributed by atoms with E-state index in [-0.39, 0.29) is 5.60 Å². The van der Waals surface area contributed by atoms with Crippen molar-refractivity contribution in [3.05, 3.63) is 34.3 Å². The maximum absolute atomic E-state index is 6.17. The summed E-state index contributed by atoms with van der Waals surface area (Å²) >= 11 is 3.58. The van der Waals surface area contributed by atoms with E-state index in [0.717, 1.165) is 24.0 Å². The molecule has 1 aromatic carbocycles. The molecule has 3 heteroatoms. The second-order valence-electron chi connectivity index (χ2n) is 6.33. The summed E-state index contributed by atoms with van der Waals surface area (Å²) in [5.74, 6) is 0.520. The van der Waals surface area contributed by atoms with E-state index in [4.69, 9.17) is 4.74 Å². The van der Waals surface area contributed by atoms with Crippen LogP contribution in [0.2, 0.25) is 0 Å². The summed E-state index contributed by atoms with van der Waals surface area (Å²) in [7, 11) is 0. The Bertz CT molecular complexity index is 433. The molecule has 1 N–H and O–H groups in total. The molecule has 0 spiro atoms. The first-order valence-electron chi connectivity index (χ1n) is 7.64. The van der Waals surface area contributed by atoms with Gasteiger partial charge in [0, 0.05) is 11.0 Å². The minimum atomic E-state index is 0.0602. The highest BCUT2D eigenvalue weighted by Crippen LogP contribution is 2.35. The number of hydrogen-bond donors (Lipinski definition) is 1. The van der Waals surface area contributed by atoms with Crippen LogP contribution in [0.3, 0.4) is 0 Å². The molecule has 0 bridgehead atoms. The molecule has 20 heavy (non-hydrogen) atoms. The van der Waals surface area contributed by atoms with Crippen LogP contribution in [0.1, 0.15) is 51.5 Å². The van der Waals surface area contributed by atoms with Gasteiger partial charge in [-0.1, -0.05) is 35.0 Å². The number of rotatable bonds is 6. The Labute approximate surface area is 131 Å². The maximum atomic E-state index is 6.17. The normalized spacial score (nSPS) is 22.9. The van der Waals surface area contributed by atoms with E-state index in [2.05, 4.69) is 66.3 Å². The number of benzene rings is 1. The van der Waals surface area contributed by atoms with E-state index in [0.29, 0.717) is 12.0 Å². The molecule has 1 aliphatic rings. The number of hydrogen-bond acceptors (Lipinski definition) is 2. The number of halogens is 1. The largest absolute Gasteiger partial charge is 0.372 e. The minimum Gasteiger partial charge on any atom is -0.372 e. The van der Waals surface area contributed by atoms with Crippen LogP contribution in [0, 0.1) is 0 Å². The van der Waals surface area contributed by atoms with E-state index in [1.807, 2.05) is 0 Å².